The van der Waals surface area contributed by atoms with Crippen LogP contribution in [0, 0.1) is 11.8 Å². The number of hydrogen-bond donors (Lipinski definition) is 1. The van der Waals surface area contributed by atoms with Crippen LogP contribution in [0.25, 0.3) is 0 Å². The highest BCUT2D eigenvalue weighted by Gasteiger charge is 2.31. The second-order valence-electron chi connectivity index (χ2n) is 9.15. The van der Waals surface area contributed by atoms with Crippen molar-refractivity contribution in [2.75, 3.05) is 52.1 Å². The van der Waals surface area contributed by atoms with Crippen molar-refractivity contribution in [2.45, 2.75) is 44.9 Å². The quantitative estimate of drug-likeness (QED) is 0.736. The second kappa shape index (κ2) is 11.3. The molecule has 1 aliphatic carbocycles. The molecule has 1 heterocycles. The maximum absolute atomic E-state index is 13.3. The molecule has 1 aromatic carbocycles. The number of urea groups is 1. The van der Waals surface area contributed by atoms with Crippen molar-refractivity contribution in [3.63, 3.8) is 0 Å². The molecular formula is C24H38N4O2. The second-order valence-corrected chi connectivity index (χ2v) is 9.15. The summed E-state index contributed by atoms with van der Waals surface area (Å²) in [5, 5.41) is 2.95. The lowest BCUT2D eigenvalue weighted by Crippen LogP contribution is -2.48. The number of carbonyl (C=O) groups is 2. The van der Waals surface area contributed by atoms with Gasteiger partial charge in [-0.3, -0.25) is 4.79 Å². The highest BCUT2D eigenvalue weighted by atomic mass is 16.2. The van der Waals surface area contributed by atoms with E-state index < -0.39 is 0 Å². The van der Waals surface area contributed by atoms with E-state index >= 15 is 0 Å². The lowest BCUT2D eigenvalue weighted by Gasteiger charge is -2.36. The Morgan fingerprint density at radius 3 is 2.27 bits per heavy atom. The van der Waals surface area contributed by atoms with Crippen molar-refractivity contribution in [2.24, 2.45) is 11.8 Å². The maximum atomic E-state index is 13.3. The fourth-order valence-corrected chi connectivity index (χ4v) is 4.61. The van der Waals surface area contributed by atoms with Crippen LogP contribution in [0.2, 0.25) is 0 Å². The number of para-hydroxylation sites is 1. The summed E-state index contributed by atoms with van der Waals surface area (Å²) >= 11 is 0. The molecule has 1 saturated heterocycles. The van der Waals surface area contributed by atoms with Gasteiger partial charge in [0.1, 0.15) is 0 Å². The van der Waals surface area contributed by atoms with E-state index in [1.54, 1.807) is 0 Å². The number of rotatable bonds is 7. The van der Waals surface area contributed by atoms with Gasteiger partial charge in [-0.25, -0.2) is 4.79 Å². The number of likely N-dealkylation sites (tertiary alicyclic amines) is 1. The summed E-state index contributed by atoms with van der Waals surface area (Å²) in [6.07, 6.45) is 7.96. The van der Waals surface area contributed by atoms with Gasteiger partial charge in [-0.15, -0.1) is 0 Å². The van der Waals surface area contributed by atoms with Gasteiger partial charge in [-0.05, 0) is 57.8 Å². The molecule has 2 fully saturated rings. The number of nitrogens with one attached hydrogen (secondary N) is 1. The molecule has 1 saturated carbocycles. The van der Waals surface area contributed by atoms with Gasteiger partial charge in [0.2, 0.25) is 5.91 Å². The molecule has 1 N–H and O–H groups in total. The van der Waals surface area contributed by atoms with Crippen molar-refractivity contribution < 1.29 is 9.59 Å². The molecule has 0 bridgehead atoms. The summed E-state index contributed by atoms with van der Waals surface area (Å²) in [6, 6.07) is 9.47. The van der Waals surface area contributed by atoms with E-state index in [1.165, 1.54) is 32.1 Å². The summed E-state index contributed by atoms with van der Waals surface area (Å²) in [6.45, 7) is 3.88. The first-order valence-corrected chi connectivity index (χ1v) is 11.6. The van der Waals surface area contributed by atoms with Gasteiger partial charge in [-0.2, -0.15) is 0 Å². The fourth-order valence-electron chi connectivity index (χ4n) is 4.61. The van der Waals surface area contributed by atoms with Gasteiger partial charge in [0.05, 0.1) is 0 Å². The molecule has 30 heavy (non-hydrogen) atoms. The third-order valence-electron chi connectivity index (χ3n) is 6.49. The number of hydrogen-bond acceptors (Lipinski definition) is 3. The Kier molecular flexibility index (Phi) is 8.55. The van der Waals surface area contributed by atoms with Crippen LogP contribution in [0.4, 0.5) is 10.5 Å². The third kappa shape index (κ3) is 6.73. The number of carbonyl (C=O) groups excluding carboxylic acids is 2. The van der Waals surface area contributed by atoms with Crippen LogP contribution in [0.3, 0.4) is 0 Å². The minimum atomic E-state index is -0.0706. The van der Waals surface area contributed by atoms with E-state index in [2.05, 4.69) is 29.2 Å². The molecule has 6 heteroatoms. The molecule has 3 rings (SSSR count). The molecule has 0 atom stereocenters. The molecule has 3 amide bonds. The van der Waals surface area contributed by atoms with E-state index in [4.69, 9.17) is 0 Å². The van der Waals surface area contributed by atoms with Crippen molar-refractivity contribution in [3.8, 4) is 0 Å². The monoisotopic (exact) mass is 414 g/mol. The number of anilines is 1. The molecule has 0 aromatic heterocycles. The van der Waals surface area contributed by atoms with Gasteiger partial charge in [0, 0.05) is 44.3 Å². The van der Waals surface area contributed by atoms with Crippen LogP contribution in [0.1, 0.15) is 44.9 Å². The molecule has 0 spiro atoms. The van der Waals surface area contributed by atoms with Crippen LogP contribution in [-0.2, 0) is 4.79 Å². The molecule has 1 aromatic rings. The van der Waals surface area contributed by atoms with Crippen molar-refractivity contribution in [1.82, 2.24) is 14.7 Å². The smallest absolute Gasteiger partial charge is 0.321 e. The third-order valence-corrected chi connectivity index (χ3v) is 6.49. The van der Waals surface area contributed by atoms with Crippen molar-refractivity contribution >= 4 is 17.6 Å². The summed E-state index contributed by atoms with van der Waals surface area (Å²) in [7, 11) is 4.13. The van der Waals surface area contributed by atoms with Crippen LogP contribution in [-0.4, -0.2) is 73.5 Å². The van der Waals surface area contributed by atoms with Gasteiger partial charge in [-0.1, -0.05) is 37.5 Å². The van der Waals surface area contributed by atoms with E-state index in [9.17, 15) is 9.59 Å². The number of piperidine rings is 1. The lowest BCUT2D eigenvalue weighted by molar-refractivity contribution is -0.137. The Morgan fingerprint density at radius 2 is 1.63 bits per heavy atom. The predicted octanol–water partition coefficient (Wildman–Crippen LogP) is 3.90. The molecule has 6 nitrogen and oxygen atoms in total. The highest BCUT2D eigenvalue weighted by molar-refractivity contribution is 5.89. The summed E-state index contributed by atoms with van der Waals surface area (Å²) < 4.78 is 0. The van der Waals surface area contributed by atoms with Crippen molar-refractivity contribution in [1.29, 1.82) is 0 Å². The standard InChI is InChI=1S/C24H38N4O2/c1-26(2)17-18-28(19-20-9-5-3-6-10-20)23(29)21-13-15-27(16-14-21)24(30)25-22-11-7-4-8-12-22/h4,7-8,11-12,20-21H,3,5-6,9-10,13-19H2,1-2H3,(H,25,30). The predicted molar refractivity (Wildman–Crippen MR) is 121 cm³/mol. The Balaban J connectivity index is 1.51. The first-order valence-electron chi connectivity index (χ1n) is 11.6. The molecule has 2 aliphatic rings. The first-order chi connectivity index (χ1) is 14.5. The number of benzene rings is 1. The number of likely N-dealkylation sites (N-methyl/N-ethyl adjacent to an activating group) is 1. The van der Waals surface area contributed by atoms with Crippen LogP contribution < -0.4 is 5.32 Å². The zero-order valence-electron chi connectivity index (χ0n) is 18.7. The first kappa shape index (κ1) is 22.6. The van der Waals surface area contributed by atoms with Crippen molar-refractivity contribution in [3.05, 3.63) is 30.3 Å². The molecule has 0 unspecified atom stereocenters. The van der Waals surface area contributed by atoms with E-state index in [1.807, 2.05) is 35.2 Å². The average molecular weight is 415 g/mol. The molecule has 1 aliphatic heterocycles. The van der Waals surface area contributed by atoms with E-state index in [0.717, 1.165) is 38.2 Å². The number of amides is 3. The minimum Gasteiger partial charge on any atom is -0.341 e. The Bertz CT molecular complexity index is 665. The molecule has 166 valence electrons. The van der Waals surface area contributed by atoms with Gasteiger partial charge < -0.3 is 20.0 Å². The summed E-state index contributed by atoms with van der Waals surface area (Å²) in [5.74, 6) is 0.990. The zero-order chi connectivity index (χ0) is 21.3. The number of nitrogens with zero attached hydrogens (tertiary/aromatic N) is 3. The van der Waals surface area contributed by atoms with Crippen LogP contribution in [0.15, 0.2) is 30.3 Å². The largest absolute Gasteiger partial charge is 0.341 e. The zero-order valence-corrected chi connectivity index (χ0v) is 18.7. The minimum absolute atomic E-state index is 0.0385. The SMILES string of the molecule is CN(C)CCN(CC1CCCCC1)C(=O)C1CCN(C(=O)Nc2ccccc2)CC1. The average Bonchev–Trinajstić information content (AvgIpc) is 2.77. The highest BCUT2D eigenvalue weighted by Crippen LogP contribution is 2.26. The fraction of sp³-hybridized carbons (Fsp3) is 0.667. The van der Waals surface area contributed by atoms with Gasteiger partial charge >= 0.3 is 6.03 Å². The van der Waals surface area contributed by atoms with E-state index in [0.29, 0.717) is 24.9 Å². The van der Waals surface area contributed by atoms with E-state index in [-0.39, 0.29) is 11.9 Å². The van der Waals surface area contributed by atoms with Crippen LogP contribution >= 0.6 is 0 Å². The normalized spacial score (nSPS) is 18.4. The Hall–Kier alpha value is -2.08. The topological polar surface area (TPSA) is 55.9 Å². The summed E-state index contributed by atoms with van der Waals surface area (Å²) in [4.78, 5) is 32.0. The van der Waals surface area contributed by atoms with Gasteiger partial charge in [0.15, 0.2) is 0 Å². The molecular weight excluding hydrogens is 376 g/mol. The van der Waals surface area contributed by atoms with Gasteiger partial charge in [0.25, 0.3) is 0 Å². The lowest BCUT2D eigenvalue weighted by atomic mass is 9.88. The summed E-state index contributed by atoms with van der Waals surface area (Å²) in [5.41, 5.74) is 0.808. The maximum Gasteiger partial charge on any atom is 0.321 e. The Labute approximate surface area is 181 Å². The molecule has 0 radical (unpaired) electrons. The Morgan fingerprint density at radius 1 is 0.967 bits per heavy atom. The van der Waals surface area contributed by atoms with Crippen LogP contribution in [0.5, 0.6) is 0 Å².